The van der Waals surface area contributed by atoms with Gasteiger partial charge in [-0.05, 0) is 41.8 Å². The average molecular weight is 454 g/mol. The lowest BCUT2D eigenvalue weighted by atomic mass is 10.1. The molecule has 4 aromatic rings. The highest BCUT2D eigenvalue weighted by molar-refractivity contribution is 7.99. The van der Waals surface area contributed by atoms with Crippen LogP contribution in [-0.2, 0) is 13.6 Å². The highest BCUT2D eigenvalue weighted by atomic mass is 32.2. The SMILES string of the molecule is Cn1c(=O)[nH]c(=O)c2c1nc(N1CCCCC1)n2CCSc1nnnn1-c1ccccc1. The first-order valence-electron chi connectivity index (χ1n) is 10.5. The van der Waals surface area contributed by atoms with Gasteiger partial charge in [0.05, 0.1) is 5.69 Å². The lowest BCUT2D eigenvalue weighted by Gasteiger charge is -2.28. The van der Waals surface area contributed by atoms with Crippen molar-refractivity contribution < 1.29 is 0 Å². The summed E-state index contributed by atoms with van der Waals surface area (Å²) < 4.78 is 5.01. The lowest BCUT2D eigenvalue weighted by Crippen LogP contribution is -2.32. The molecule has 0 bridgehead atoms. The fourth-order valence-corrected chi connectivity index (χ4v) is 4.81. The number of benzene rings is 1. The number of aromatic nitrogens is 8. The van der Waals surface area contributed by atoms with Crippen molar-refractivity contribution in [1.29, 1.82) is 0 Å². The molecule has 32 heavy (non-hydrogen) atoms. The van der Waals surface area contributed by atoms with E-state index >= 15 is 0 Å². The van der Waals surface area contributed by atoms with Crippen molar-refractivity contribution in [2.75, 3.05) is 23.7 Å². The van der Waals surface area contributed by atoms with Crippen molar-refractivity contribution in [3.63, 3.8) is 0 Å². The number of nitrogens with zero attached hydrogens (tertiary/aromatic N) is 8. The normalized spacial score (nSPS) is 14.3. The van der Waals surface area contributed by atoms with Gasteiger partial charge in [-0.2, -0.15) is 9.67 Å². The maximum atomic E-state index is 12.7. The van der Waals surface area contributed by atoms with Crippen molar-refractivity contribution >= 4 is 28.9 Å². The van der Waals surface area contributed by atoms with Crippen LogP contribution in [0.25, 0.3) is 16.9 Å². The molecule has 166 valence electrons. The van der Waals surface area contributed by atoms with Crippen LogP contribution < -0.4 is 16.1 Å². The Morgan fingerprint density at radius 3 is 2.66 bits per heavy atom. The van der Waals surface area contributed by atoms with E-state index in [1.165, 1.54) is 22.7 Å². The molecule has 12 heteroatoms. The molecule has 0 radical (unpaired) electrons. The minimum absolute atomic E-state index is 0.401. The molecule has 1 aliphatic heterocycles. The molecular formula is C20H23N9O2S. The van der Waals surface area contributed by atoms with E-state index in [0.29, 0.717) is 28.6 Å². The van der Waals surface area contributed by atoms with Gasteiger partial charge in [-0.25, -0.2) is 4.79 Å². The number of para-hydroxylation sites is 1. The molecule has 11 nitrogen and oxygen atoms in total. The van der Waals surface area contributed by atoms with E-state index < -0.39 is 11.2 Å². The molecule has 5 rings (SSSR count). The van der Waals surface area contributed by atoms with Gasteiger partial charge in [-0.1, -0.05) is 30.0 Å². The topological polar surface area (TPSA) is 120 Å². The number of anilines is 1. The number of nitrogens with one attached hydrogen (secondary N) is 1. The summed E-state index contributed by atoms with van der Waals surface area (Å²) in [7, 11) is 1.63. The first kappa shape index (κ1) is 20.5. The summed E-state index contributed by atoms with van der Waals surface area (Å²) in [5, 5.41) is 12.7. The van der Waals surface area contributed by atoms with Gasteiger partial charge in [-0.3, -0.25) is 14.3 Å². The number of hydrogen-bond donors (Lipinski definition) is 1. The van der Waals surface area contributed by atoms with Crippen LogP contribution >= 0.6 is 11.8 Å². The lowest BCUT2D eigenvalue weighted by molar-refractivity contribution is 0.559. The molecular weight excluding hydrogens is 430 g/mol. The second-order valence-electron chi connectivity index (χ2n) is 7.66. The van der Waals surface area contributed by atoms with E-state index in [1.54, 1.807) is 11.7 Å². The Hall–Kier alpha value is -3.41. The van der Waals surface area contributed by atoms with E-state index in [9.17, 15) is 9.59 Å². The van der Waals surface area contributed by atoms with Crippen LogP contribution in [-0.4, -0.2) is 58.2 Å². The fourth-order valence-electron chi connectivity index (χ4n) is 4.00. The number of imidazole rings is 1. The standard InChI is InChI=1S/C20H23N9O2S/c1-26-16-15(17(30)22-19(26)31)28(18(21-16)27-10-6-3-7-11-27)12-13-32-20-23-24-25-29(20)14-8-4-2-5-9-14/h2,4-5,8-9H,3,6-7,10-13H2,1H3,(H,22,30,31). The van der Waals surface area contributed by atoms with Crippen molar-refractivity contribution in [3.8, 4) is 5.69 Å². The first-order chi connectivity index (χ1) is 15.6. The van der Waals surface area contributed by atoms with Crippen LogP contribution in [0.1, 0.15) is 19.3 Å². The molecule has 0 aliphatic carbocycles. The Morgan fingerprint density at radius 2 is 1.88 bits per heavy atom. The Bertz CT molecular complexity index is 1350. The molecule has 1 saturated heterocycles. The number of aryl methyl sites for hydroxylation is 2. The zero-order valence-corrected chi connectivity index (χ0v) is 18.5. The van der Waals surface area contributed by atoms with Gasteiger partial charge >= 0.3 is 5.69 Å². The molecule has 4 heterocycles. The number of thioether (sulfide) groups is 1. The third kappa shape index (κ3) is 3.70. The van der Waals surface area contributed by atoms with E-state index in [2.05, 4.69) is 25.4 Å². The zero-order valence-electron chi connectivity index (χ0n) is 17.6. The number of fused-ring (bicyclic) bond motifs is 1. The van der Waals surface area contributed by atoms with Gasteiger partial charge in [0.25, 0.3) is 5.56 Å². The molecule has 3 aromatic heterocycles. The van der Waals surface area contributed by atoms with Crippen LogP contribution in [0.4, 0.5) is 5.95 Å². The smallest absolute Gasteiger partial charge is 0.329 e. The fraction of sp³-hybridized carbons (Fsp3) is 0.400. The molecule has 1 aromatic carbocycles. The summed E-state index contributed by atoms with van der Waals surface area (Å²) in [4.78, 5) is 34.1. The number of rotatable bonds is 6. The number of tetrazole rings is 1. The molecule has 0 saturated carbocycles. The number of hydrogen-bond acceptors (Lipinski definition) is 8. The van der Waals surface area contributed by atoms with Gasteiger partial charge in [0.2, 0.25) is 11.1 Å². The Kier molecular flexibility index (Phi) is 5.52. The van der Waals surface area contributed by atoms with Gasteiger partial charge in [0.15, 0.2) is 11.2 Å². The van der Waals surface area contributed by atoms with Crippen LogP contribution in [0.2, 0.25) is 0 Å². The zero-order chi connectivity index (χ0) is 22.1. The highest BCUT2D eigenvalue weighted by Gasteiger charge is 2.23. The second kappa shape index (κ2) is 8.61. The summed E-state index contributed by atoms with van der Waals surface area (Å²) in [6.45, 7) is 2.29. The average Bonchev–Trinajstić information content (AvgIpc) is 3.44. The van der Waals surface area contributed by atoms with Gasteiger partial charge in [0, 0.05) is 32.4 Å². The molecule has 0 unspecified atom stereocenters. The quantitative estimate of drug-likeness (QED) is 0.432. The van der Waals surface area contributed by atoms with Gasteiger partial charge in [0.1, 0.15) is 0 Å². The summed E-state index contributed by atoms with van der Waals surface area (Å²) in [5.74, 6) is 1.36. The van der Waals surface area contributed by atoms with Gasteiger partial charge in [-0.15, -0.1) is 5.10 Å². The summed E-state index contributed by atoms with van der Waals surface area (Å²) in [6, 6.07) is 9.70. The Balaban J connectivity index is 1.46. The molecule has 0 spiro atoms. The molecule has 1 fully saturated rings. The number of H-pyrrole nitrogens is 1. The predicted molar refractivity (Wildman–Crippen MR) is 122 cm³/mol. The van der Waals surface area contributed by atoms with Crippen molar-refractivity contribution in [2.24, 2.45) is 7.05 Å². The minimum atomic E-state index is -0.464. The van der Waals surface area contributed by atoms with E-state index in [4.69, 9.17) is 4.98 Å². The largest absolute Gasteiger partial charge is 0.342 e. The third-order valence-electron chi connectivity index (χ3n) is 5.61. The van der Waals surface area contributed by atoms with Crippen LogP contribution in [0, 0.1) is 0 Å². The van der Waals surface area contributed by atoms with E-state index in [1.807, 2.05) is 34.9 Å². The maximum absolute atomic E-state index is 12.7. The van der Waals surface area contributed by atoms with E-state index in [-0.39, 0.29) is 0 Å². The van der Waals surface area contributed by atoms with Crippen molar-refractivity contribution in [1.82, 2.24) is 39.3 Å². The van der Waals surface area contributed by atoms with Crippen LogP contribution in [0.5, 0.6) is 0 Å². The minimum Gasteiger partial charge on any atom is -0.342 e. The Labute approximate surface area is 187 Å². The summed E-state index contributed by atoms with van der Waals surface area (Å²) in [5.41, 5.74) is 0.814. The van der Waals surface area contributed by atoms with Crippen molar-refractivity contribution in [3.05, 3.63) is 51.2 Å². The summed E-state index contributed by atoms with van der Waals surface area (Å²) in [6.07, 6.45) is 3.35. The van der Waals surface area contributed by atoms with Crippen molar-refractivity contribution in [2.45, 2.75) is 31.0 Å². The number of aromatic amines is 1. The monoisotopic (exact) mass is 453 g/mol. The second-order valence-corrected chi connectivity index (χ2v) is 8.72. The first-order valence-corrected chi connectivity index (χ1v) is 11.5. The molecule has 1 aliphatic rings. The molecule has 0 amide bonds. The van der Waals surface area contributed by atoms with Crippen LogP contribution in [0.15, 0.2) is 45.1 Å². The highest BCUT2D eigenvalue weighted by Crippen LogP contribution is 2.25. The predicted octanol–water partition coefficient (Wildman–Crippen LogP) is 1.18. The molecule has 0 atom stereocenters. The third-order valence-corrected chi connectivity index (χ3v) is 6.51. The summed E-state index contributed by atoms with van der Waals surface area (Å²) >= 11 is 1.50. The maximum Gasteiger partial charge on any atom is 0.329 e. The van der Waals surface area contributed by atoms with Gasteiger partial charge < -0.3 is 9.47 Å². The number of piperidine rings is 1. The Morgan fingerprint density at radius 1 is 1.09 bits per heavy atom. The van der Waals surface area contributed by atoms with E-state index in [0.717, 1.165) is 37.6 Å². The molecule has 1 N–H and O–H groups in total. The van der Waals surface area contributed by atoms with Crippen LogP contribution in [0.3, 0.4) is 0 Å².